The number of imide groups is 1. The third-order valence-corrected chi connectivity index (χ3v) is 9.53. The van der Waals surface area contributed by atoms with Gasteiger partial charge >= 0.3 is 0 Å². The maximum atomic E-state index is 12.7. The largest absolute Gasteiger partial charge is 0.374 e. The third-order valence-electron chi connectivity index (χ3n) is 9.53. The minimum Gasteiger partial charge on any atom is -0.374 e. The molecule has 0 saturated carbocycles. The summed E-state index contributed by atoms with van der Waals surface area (Å²) < 4.78 is 0. The van der Waals surface area contributed by atoms with Crippen LogP contribution in [-0.4, -0.2) is 76.3 Å². The van der Waals surface area contributed by atoms with Gasteiger partial charge in [-0.25, -0.2) is 9.97 Å². The van der Waals surface area contributed by atoms with Gasteiger partial charge in [-0.1, -0.05) is 31.4 Å². The van der Waals surface area contributed by atoms with E-state index in [1.807, 2.05) is 19.3 Å². The molecule has 1 aromatic heterocycles. The summed E-state index contributed by atoms with van der Waals surface area (Å²) in [6, 6.07) is 8.14. The van der Waals surface area contributed by atoms with Gasteiger partial charge < -0.3 is 15.1 Å². The number of hydrogen-bond donors (Lipinski definition) is 2. The lowest BCUT2D eigenvalue weighted by atomic mass is 9.89. The zero-order valence-corrected chi connectivity index (χ0v) is 25.7. The molecular formula is C34H48N6O3. The summed E-state index contributed by atoms with van der Waals surface area (Å²) >= 11 is 0. The number of nitrogens with zero attached hydrogens (tertiary/aromatic N) is 4. The highest BCUT2D eigenvalue weighted by molar-refractivity contribution is 6.01. The molecule has 1 aromatic carbocycles. The number of piperidine rings is 3. The van der Waals surface area contributed by atoms with Crippen molar-refractivity contribution in [3.05, 3.63) is 53.6 Å². The molecule has 43 heavy (non-hydrogen) atoms. The van der Waals surface area contributed by atoms with E-state index in [0.29, 0.717) is 37.0 Å². The molecule has 2 aromatic rings. The number of aromatic nitrogens is 2. The first-order valence-corrected chi connectivity index (χ1v) is 16.4. The van der Waals surface area contributed by atoms with Gasteiger partial charge in [0.1, 0.15) is 11.9 Å². The number of amides is 3. The monoisotopic (exact) mass is 588 g/mol. The number of likely N-dealkylation sites (tertiary alicyclic amines) is 2. The van der Waals surface area contributed by atoms with E-state index in [1.54, 1.807) is 0 Å². The predicted molar refractivity (Wildman–Crippen MR) is 168 cm³/mol. The van der Waals surface area contributed by atoms with Crippen LogP contribution in [0.5, 0.6) is 0 Å². The molecule has 3 saturated heterocycles. The SMILES string of the molecule is Cc1ncc(C2CCN(C(=O)CCCCCCCN3CCC(c4ccc(NC5CCC(=O)NC5=O)cc4)CC3)CC2)cn1. The fourth-order valence-electron chi connectivity index (χ4n) is 6.75. The van der Waals surface area contributed by atoms with Crippen LogP contribution >= 0.6 is 0 Å². The van der Waals surface area contributed by atoms with E-state index < -0.39 is 0 Å². The summed E-state index contributed by atoms with van der Waals surface area (Å²) in [4.78, 5) is 49.4. The Kier molecular flexibility index (Phi) is 11.1. The topological polar surface area (TPSA) is 108 Å². The van der Waals surface area contributed by atoms with Crippen molar-refractivity contribution in [2.45, 2.75) is 102 Å². The third kappa shape index (κ3) is 9.08. The molecule has 232 valence electrons. The van der Waals surface area contributed by atoms with E-state index >= 15 is 0 Å². The molecule has 1 unspecified atom stereocenters. The Labute approximate surface area is 256 Å². The number of hydrogen-bond acceptors (Lipinski definition) is 7. The van der Waals surface area contributed by atoms with E-state index in [4.69, 9.17) is 0 Å². The molecular weight excluding hydrogens is 540 g/mol. The fourth-order valence-corrected chi connectivity index (χ4v) is 6.75. The molecule has 9 heteroatoms. The molecule has 3 aliphatic rings. The van der Waals surface area contributed by atoms with E-state index in [-0.39, 0.29) is 17.9 Å². The van der Waals surface area contributed by atoms with Gasteiger partial charge in [0.25, 0.3) is 0 Å². The maximum absolute atomic E-state index is 12.7. The minimum atomic E-state index is -0.344. The summed E-state index contributed by atoms with van der Waals surface area (Å²) in [5, 5.41) is 5.67. The van der Waals surface area contributed by atoms with E-state index in [2.05, 4.69) is 54.7 Å². The van der Waals surface area contributed by atoms with Crippen LogP contribution in [0.15, 0.2) is 36.7 Å². The van der Waals surface area contributed by atoms with Crippen molar-refractivity contribution in [1.82, 2.24) is 25.1 Å². The second-order valence-corrected chi connectivity index (χ2v) is 12.6. The average Bonchev–Trinajstić information content (AvgIpc) is 3.03. The predicted octanol–water partition coefficient (Wildman–Crippen LogP) is 4.93. The first-order chi connectivity index (χ1) is 20.9. The van der Waals surface area contributed by atoms with Crippen LogP contribution in [0.4, 0.5) is 5.69 Å². The Morgan fingerprint density at radius 2 is 1.47 bits per heavy atom. The molecule has 0 bridgehead atoms. The van der Waals surface area contributed by atoms with Crippen LogP contribution in [-0.2, 0) is 14.4 Å². The zero-order valence-electron chi connectivity index (χ0n) is 25.7. The first kappa shape index (κ1) is 31.1. The van der Waals surface area contributed by atoms with Crippen molar-refractivity contribution in [3.63, 3.8) is 0 Å². The van der Waals surface area contributed by atoms with Crippen LogP contribution in [0.1, 0.15) is 106 Å². The van der Waals surface area contributed by atoms with Crippen molar-refractivity contribution in [2.75, 3.05) is 38.0 Å². The quantitative estimate of drug-likeness (QED) is 0.268. The number of rotatable bonds is 12. The smallest absolute Gasteiger partial charge is 0.249 e. The average molecular weight is 589 g/mol. The van der Waals surface area contributed by atoms with E-state index in [0.717, 1.165) is 63.4 Å². The summed E-state index contributed by atoms with van der Waals surface area (Å²) in [7, 11) is 0. The Hall–Kier alpha value is -3.33. The molecule has 3 fully saturated rings. The highest BCUT2D eigenvalue weighted by Crippen LogP contribution is 2.30. The van der Waals surface area contributed by atoms with Crippen LogP contribution < -0.4 is 10.6 Å². The zero-order chi connectivity index (χ0) is 30.0. The van der Waals surface area contributed by atoms with Gasteiger partial charge in [0, 0.05) is 44.0 Å². The lowest BCUT2D eigenvalue weighted by Gasteiger charge is -2.32. The fraction of sp³-hybridized carbons (Fsp3) is 0.618. The lowest BCUT2D eigenvalue weighted by Crippen LogP contribution is -2.47. The van der Waals surface area contributed by atoms with Gasteiger partial charge in [0.2, 0.25) is 17.7 Å². The standard InChI is InChI=1S/C34H48N6O3/c1-25-35-23-29(24-36-25)28-16-21-40(22-17-28)33(42)7-5-3-2-4-6-18-39-19-14-27(15-20-39)26-8-10-30(11-9-26)37-31-12-13-32(41)38-34(31)43/h8-11,23-24,27-28,31,37H,2-7,12-22H2,1H3,(H,38,41,43). The number of benzene rings is 1. The first-order valence-electron chi connectivity index (χ1n) is 16.4. The van der Waals surface area contributed by atoms with Gasteiger partial charge in [-0.2, -0.15) is 0 Å². The van der Waals surface area contributed by atoms with Gasteiger partial charge in [-0.3, -0.25) is 19.7 Å². The van der Waals surface area contributed by atoms with Gasteiger partial charge in [0.05, 0.1) is 0 Å². The number of unbranched alkanes of at least 4 members (excludes halogenated alkanes) is 4. The summed E-state index contributed by atoms with van der Waals surface area (Å²) in [6.07, 6.45) is 15.7. The highest BCUT2D eigenvalue weighted by atomic mass is 16.2. The Balaban J connectivity index is 0.891. The van der Waals surface area contributed by atoms with E-state index in [1.165, 1.54) is 49.8 Å². The Morgan fingerprint density at radius 3 is 2.16 bits per heavy atom. The molecule has 1 atom stereocenters. The van der Waals surface area contributed by atoms with Gasteiger partial charge in [0.15, 0.2) is 0 Å². The molecule has 5 rings (SSSR count). The Bertz CT molecular complexity index is 1200. The lowest BCUT2D eigenvalue weighted by molar-refractivity contribution is -0.134. The van der Waals surface area contributed by atoms with Crippen molar-refractivity contribution in [3.8, 4) is 0 Å². The van der Waals surface area contributed by atoms with Crippen LogP contribution in [0.3, 0.4) is 0 Å². The van der Waals surface area contributed by atoms with E-state index in [9.17, 15) is 14.4 Å². The second-order valence-electron chi connectivity index (χ2n) is 12.6. The molecule has 3 aliphatic heterocycles. The molecule has 9 nitrogen and oxygen atoms in total. The normalized spacial score (nSPS) is 20.7. The van der Waals surface area contributed by atoms with Crippen molar-refractivity contribution in [1.29, 1.82) is 0 Å². The van der Waals surface area contributed by atoms with Crippen LogP contribution in [0.25, 0.3) is 0 Å². The molecule has 0 spiro atoms. The second kappa shape index (κ2) is 15.4. The van der Waals surface area contributed by atoms with Crippen molar-refractivity contribution in [2.24, 2.45) is 0 Å². The number of nitrogens with one attached hydrogen (secondary N) is 2. The van der Waals surface area contributed by atoms with Gasteiger partial charge in [-0.05, 0) is 107 Å². The van der Waals surface area contributed by atoms with Gasteiger partial charge in [-0.15, -0.1) is 0 Å². The number of carbonyl (C=O) groups is 3. The summed E-state index contributed by atoms with van der Waals surface area (Å²) in [6.45, 7) is 7.06. The number of aryl methyl sites for hydroxylation is 1. The molecule has 3 amide bonds. The molecule has 2 N–H and O–H groups in total. The van der Waals surface area contributed by atoms with Crippen LogP contribution in [0.2, 0.25) is 0 Å². The minimum absolute atomic E-state index is 0.189. The van der Waals surface area contributed by atoms with Crippen molar-refractivity contribution >= 4 is 23.4 Å². The number of carbonyl (C=O) groups excluding carboxylic acids is 3. The summed E-state index contributed by atoms with van der Waals surface area (Å²) in [5.74, 6) is 1.76. The molecule has 0 aliphatic carbocycles. The van der Waals surface area contributed by atoms with Crippen LogP contribution in [0, 0.1) is 6.92 Å². The molecule has 0 radical (unpaired) electrons. The number of anilines is 1. The molecule has 4 heterocycles. The Morgan fingerprint density at radius 1 is 0.837 bits per heavy atom. The van der Waals surface area contributed by atoms with Crippen molar-refractivity contribution < 1.29 is 14.4 Å². The summed E-state index contributed by atoms with van der Waals surface area (Å²) in [5.41, 5.74) is 3.50. The maximum Gasteiger partial charge on any atom is 0.249 e. The highest BCUT2D eigenvalue weighted by Gasteiger charge is 2.27.